The van der Waals surface area contributed by atoms with Gasteiger partial charge in [-0.3, -0.25) is 0 Å². The van der Waals surface area contributed by atoms with Crippen LogP contribution >= 0.6 is 0 Å². The molecule has 1 saturated heterocycles. The van der Waals surface area contributed by atoms with Crippen LogP contribution in [-0.4, -0.2) is 35.6 Å². The van der Waals surface area contributed by atoms with Crippen molar-refractivity contribution in [3.8, 4) is 5.88 Å². The van der Waals surface area contributed by atoms with E-state index in [0.717, 1.165) is 12.5 Å². The van der Waals surface area contributed by atoms with E-state index in [0.29, 0.717) is 12.0 Å². The first kappa shape index (κ1) is 12.4. The summed E-state index contributed by atoms with van der Waals surface area (Å²) in [5.74, 6) is 1.44. The number of rotatable bonds is 4. The Bertz CT molecular complexity index is 318. The Hall–Kier alpha value is -1.09. The van der Waals surface area contributed by atoms with E-state index < -0.39 is 0 Å². The number of hydrogen-bond acceptors (Lipinski definition) is 3. The summed E-state index contributed by atoms with van der Waals surface area (Å²) >= 11 is 0. The van der Waals surface area contributed by atoms with Crippen molar-refractivity contribution in [1.82, 2.24) is 9.88 Å². The summed E-state index contributed by atoms with van der Waals surface area (Å²) in [6, 6.07) is 6.47. The first-order valence-electron chi connectivity index (χ1n) is 6.53. The van der Waals surface area contributed by atoms with Crippen LogP contribution in [0.3, 0.4) is 0 Å². The van der Waals surface area contributed by atoms with Gasteiger partial charge >= 0.3 is 0 Å². The van der Waals surface area contributed by atoms with Gasteiger partial charge in [-0.2, -0.15) is 0 Å². The summed E-state index contributed by atoms with van der Waals surface area (Å²) in [6.45, 7) is 7.75. The molecule has 0 spiro atoms. The van der Waals surface area contributed by atoms with E-state index in [2.05, 4.69) is 23.7 Å². The molecule has 3 nitrogen and oxygen atoms in total. The number of ether oxygens (including phenoxy) is 1. The lowest BCUT2D eigenvalue weighted by Gasteiger charge is -2.34. The molecule has 0 radical (unpaired) electrons. The van der Waals surface area contributed by atoms with E-state index in [9.17, 15) is 0 Å². The normalized spacial score (nSPS) is 18.5. The minimum absolute atomic E-state index is 0.674. The molecule has 1 aliphatic heterocycles. The lowest BCUT2D eigenvalue weighted by molar-refractivity contribution is 0.117. The Kier molecular flexibility index (Phi) is 4.37. The second-order valence-corrected chi connectivity index (χ2v) is 5.05. The third kappa shape index (κ3) is 3.70. The third-order valence-corrected chi connectivity index (χ3v) is 3.48. The van der Waals surface area contributed by atoms with Crippen molar-refractivity contribution in [2.45, 2.75) is 32.7 Å². The Morgan fingerprint density at radius 1 is 1.35 bits per heavy atom. The Morgan fingerprint density at radius 3 is 2.71 bits per heavy atom. The Balaban J connectivity index is 1.72. The number of aromatic nitrogens is 1. The SMILES string of the molecule is CC(C)N1CCC(COc2ccccn2)CC1. The standard InChI is InChI=1S/C14H22N2O/c1-12(2)16-9-6-13(7-10-16)11-17-14-5-3-4-8-15-14/h3-5,8,12-13H,6-7,9-11H2,1-2H3. The molecular formula is C14H22N2O. The lowest BCUT2D eigenvalue weighted by Crippen LogP contribution is -2.39. The molecule has 0 aromatic carbocycles. The molecule has 2 heterocycles. The molecule has 0 N–H and O–H groups in total. The minimum atomic E-state index is 0.674. The maximum Gasteiger partial charge on any atom is 0.213 e. The van der Waals surface area contributed by atoms with Gasteiger partial charge in [-0.1, -0.05) is 6.07 Å². The number of nitrogens with zero attached hydrogens (tertiary/aromatic N) is 2. The fourth-order valence-electron chi connectivity index (χ4n) is 2.27. The number of piperidine rings is 1. The van der Waals surface area contributed by atoms with Gasteiger partial charge in [0.2, 0.25) is 5.88 Å². The van der Waals surface area contributed by atoms with Gasteiger partial charge in [-0.25, -0.2) is 4.98 Å². The molecule has 0 bridgehead atoms. The van der Waals surface area contributed by atoms with Crippen molar-refractivity contribution in [2.24, 2.45) is 5.92 Å². The van der Waals surface area contributed by atoms with Crippen LogP contribution in [0.5, 0.6) is 5.88 Å². The van der Waals surface area contributed by atoms with Crippen LogP contribution < -0.4 is 4.74 Å². The summed E-state index contributed by atoms with van der Waals surface area (Å²) in [7, 11) is 0. The van der Waals surface area contributed by atoms with Gasteiger partial charge in [0.05, 0.1) is 6.61 Å². The van der Waals surface area contributed by atoms with Crippen LogP contribution in [0.2, 0.25) is 0 Å². The molecule has 17 heavy (non-hydrogen) atoms. The molecule has 0 aliphatic carbocycles. The fourth-order valence-corrected chi connectivity index (χ4v) is 2.27. The van der Waals surface area contributed by atoms with Gasteiger partial charge in [0.25, 0.3) is 0 Å². The second-order valence-electron chi connectivity index (χ2n) is 5.05. The molecule has 1 aliphatic rings. The average molecular weight is 234 g/mol. The zero-order chi connectivity index (χ0) is 12.1. The zero-order valence-corrected chi connectivity index (χ0v) is 10.8. The average Bonchev–Trinajstić information content (AvgIpc) is 2.38. The summed E-state index contributed by atoms with van der Waals surface area (Å²) < 4.78 is 5.71. The highest BCUT2D eigenvalue weighted by molar-refractivity contribution is 5.09. The van der Waals surface area contributed by atoms with Gasteiger partial charge in [-0.15, -0.1) is 0 Å². The van der Waals surface area contributed by atoms with E-state index in [1.165, 1.54) is 25.9 Å². The van der Waals surface area contributed by atoms with Gasteiger partial charge in [0.1, 0.15) is 0 Å². The first-order chi connectivity index (χ1) is 8.25. The molecular weight excluding hydrogens is 212 g/mol. The smallest absolute Gasteiger partial charge is 0.213 e. The predicted molar refractivity (Wildman–Crippen MR) is 69.2 cm³/mol. The summed E-state index contributed by atoms with van der Waals surface area (Å²) in [4.78, 5) is 6.71. The van der Waals surface area contributed by atoms with Crippen LogP contribution in [0, 0.1) is 5.92 Å². The van der Waals surface area contributed by atoms with Crippen LogP contribution in [0.4, 0.5) is 0 Å². The van der Waals surface area contributed by atoms with Crippen molar-refractivity contribution in [1.29, 1.82) is 0 Å². The summed E-state index contributed by atoms with van der Waals surface area (Å²) in [5, 5.41) is 0. The highest BCUT2D eigenvalue weighted by atomic mass is 16.5. The van der Waals surface area contributed by atoms with Crippen molar-refractivity contribution < 1.29 is 4.74 Å². The molecule has 1 aromatic rings. The monoisotopic (exact) mass is 234 g/mol. The maximum absolute atomic E-state index is 5.71. The van der Waals surface area contributed by atoms with E-state index in [1.807, 2.05) is 18.2 Å². The van der Waals surface area contributed by atoms with E-state index >= 15 is 0 Å². The lowest BCUT2D eigenvalue weighted by atomic mass is 9.97. The van der Waals surface area contributed by atoms with Gasteiger partial charge in [-0.05, 0) is 51.8 Å². The number of hydrogen-bond donors (Lipinski definition) is 0. The molecule has 3 heteroatoms. The van der Waals surface area contributed by atoms with Gasteiger partial charge < -0.3 is 9.64 Å². The predicted octanol–water partition coefficient (Wildman–Crippen LogP) is 2.58. The van der Waals surface area contributed by atoms with Crippen LogP contribution in [-0.2, 0) is 0 Å². The van der Waals surface area contributed by atoms with Crippen LogP contribution in [0.1, 0.15) is 26.7 Å². The number of likely N-dealkylation sites (tertiary alicyclic amines) is 1. The van der Waals surface area contributed by atoms with Crippen molar-refractivity contribution in [3.05, 3.63) is 24.4 Å². The highest BCUT2D eigenvalue weighted by Gasteiger charge is 2.21. The van der Waals surface area contributed by atoms with Crippen LogP contribution in [0.15, 0.2) is 24.4 Å². The van der Waals surface area contributed by atoms with E-state index in [1.54, 1.807) is 6.20 Å². The van der Waals surface area contributed by atoms with E-state index in [4.69, 9.17) is 4.74 Å². The molecule has 94 valence electrons. The second kappa shape index (κ2) is 6.01. The summed E-state index contributed by atoms with van der Waals surface area (Å²) in [6.07, 6.45) is 4.26. The van der Waals surface area contributed by atoms with E-state index in [-0.39, 0.29) is 0 Å². The Morgan fingerprint density at radius 2 is 2.12 bits per heavy atom. The number of pyridine rings is 1. The molecule has 0 amide bonds. The highest BCUT2D eigenvalue weighted by Crippen LogP contribution is 2.19. The van der Waals surface area contributed by atoms with Gasteiger partial charge in [0, 0.05) is 18.3 Å². The van der Waals surface area contributed by atoms with Crippen molar-refractivity contribution in [2.75, 3.05) is 19.7 Å². The molecule has 0 unspecified atom stereocenters. The first-order valence-corrected chi connectivity index (χ1v) is 6.53. The van der Waals surface area contributed by atoms with Crippen molar-refractivity contribution in [3.63, 3.8) is 0 Å². The largest absolute Gasteiger partial charge is 0.477 e. The summed E-state index contributed by atoms with van der Waals surface area (Å²) in [5.41, 5.74) is 0. The third-order valence-electron chi connectivity index (χ3n) is 3.48. The quantitative estimate of drug-likeness (QED) is 0.800. The topological polar surface area (TPSA) is 25.4 Å². The fraction of sp³-hybridized carbons (Fsp3) is 0.643. The molecule has 0 saturated carbocycles. The molecule has 1 fully saturated rings. The zero-order valence-electron chi connectivity index (χ0n) is 10.8. The maximum atomic E-state index is 5.71. The minimum Gasteiger partial charge on any atom is -0.477 e. The van der Waals surface area contributed by atoms with Crippen LogP contribution in [0.25, 0.3) is 0 Å². The van der Waals surface area contributed by atoms with Crippen molar-refractivity contribution >= 4 is 0 Å². The molecule has 0 atom stereocenters. The molecule has 2 rings (SSSR count). The molecule has 1 aromatic heterocycles. The van der Waals surface area contributed by atoms with Gasteiger partial charge in [0.15, 0.2) is 0 Å². The Labute approximate surface area is 104 Å².